The Hall–Kier alpha value is -3.47. The Bertz CT molecular complexity index is 1010. The minimum Gasteiger partial charge on any atom is -0.444 e. The van der Waals surface area contributed by atoms with Crippen LogP contribution in [0.3, 0.4) is 0 Å². The van der Waals surface area contributed by atoms with E-state index in [1.54, 1.807) is 0 Å². The molecule has 1 aliphatic carbocycles. The summed E-state index contributed by atoms with van der Waals surface area (Å²) in [5, 5.41) is 23.5. The molecule has 0 saturated carbocycles. The normalized spacial score (nSPS) is 21.5. The first-order chi connectivity index (χ1) is 12.9. The van der Waals surface area contributed by atoms with Crippen molar-refractivity contribution in [2.24, 2.45) is 11.1 Å². The molecule has 27 heavy (non-hydrogen) atoms. The third-order valence-electron chi connectivity index (χ3n) is 4.92. The van der Waals surface area contributed by atoms with Crippen LogP contribution in [0.5, 0.6) is 0 Å². The number of benzene rings is 1. The molecule has 2 aliphatic rings. The number of ketones is 1. The maximum atomic E-state index is 12.9. The lowest BCUT2D eigenvalue weighted by molar-refractivity contribution is -0.119. The molecule has 4 rings (SSSR count). The number of carbonyl (C=O) groups is 1. The Morgan fingerprint density at radius 1 is 1.30 bits per heavy atom. The van der Waals surface area contributed by atoms with E-state index in [2.05, 4.69) is 26.7 Å². The number of nitrogens with one attached hydrogen (secondary N) is 1. The Morgan fingerprint density at radius 3 is 2.67 bits per heavy atom. The second kappa shape index (κ2) is 6.06. The predicted octanol–water partition coefficient (Wildman–Crippen LogP) is 2.32. The maximum absolute atomic E-state index is 12.9. The zero-order valence-corrected chi connectivity index (χ0v) is 15.0. The number of aromatic nitrogens is 4. The second-order valence-corrected chi connectivity index (χ2v) is 7.56. The summed E-state index contributed by atoms with van der Waals surface area (Å²) in [5.41, 5.74) is 8.19. The van der Waals surface area contributed by atoms with Gasteiger partial charge in [-0.25, -0.2) is 0 Å². The third kappa shape index (κ3) is 2.87. The van der Waals surface area contributed by atoms with Crippen molar-refractivity contribution in [3.8, 4) is 17.5 Å². The highest BCUT2D eigenvalue weighted by molar-refractivity contribution is 6.00. The largest absolute Gasteiger partial charge is 0.444 e. The van der Waals surface area contributed by atoms with Gasteiger partial charge in [-0.2, -0.15) is 10.5 Å². The van der Waals surface area contributed by atoms with Gasteiger partial charge in [0.25, 0.3) is 0 Å². The van der Waals surface area contributed by atoms with Gasteiger partial charge < -0.3 is 10.5 Å². The summed E-state index contributed by atoms with van der Waals surface area (Å²) < 4.78 is 5.70. The SMILES string of the molecule is CC1(C)CC(=O)C2=C(C1)OC(N)=C(C#N)C2c1ccc(-c2nn[nH]n2)cc1. The lowest BCUT2D eigenvalue weighted by atomic mass is 9.70. The summed E-state index contributed by atoms with van der Waals surface area (Å²) in [6.07, 6.45) is 1.01. The van der Waals surface area contributed by atoms with Crippen LogP contribution in [0.1, 0.15) is 38.2 Å². The predicted molar refractivity (Wildman–Crippen MR) is 95.3 cm³/mol. The number of nitriles is 1. The fourth-order valence-corrected chi connectivity index (χ4v) is 3.73. The first-order valence-electron chi connectivity index (χ1n) is 8.57. The average molecular weight is 362 g/mol. The van der Waals surface area contributed by atoms with Crippen molar-refractivity contribution >= 4 is 5.78 Å². The van der Waals surface area contributed by atoms with Crippen LogP contribution in [0, 0.1) is 16.7 Å². The van der Waals surface area contributed by atoms with Crippen LogP contribution < -0.4 is 5.73 Å². The third-order valence-corrected chi connectivity index (χ3v) is 4.92. The number of ether oxygens (including phenoxy) is 1. The number of nitrogens with two attached hydrogens (primary N) is 1. The molecule has 3 N–H and O–H groups in total. The smallest absolute Gasteiger partial charge is 0.205 e. The molecule has 0 saturated heterocycles. The van der Waals surface area contributed by atoms with E-state index in [1.807, 2.05) is 38.1 Å². The molecule has 136 valence electrons. The number of hydrogen-bond donors (Lipinski definition) is 2. The van der Waals surface area contributed by atoms with Gasteiger partial charge in [0.1, 0.15) is 17.4 Å². The number of Topliss-reactive ketones (excluding diaryl/α,β-unsaturated/α-hetero) is 1. The lowest BCUT2D eigenvalue weighted by Gasteiger charge is -2.37. The van der Waals surface area contributed by atoms with Gasteiger partial charge in [-0.3, -0.25) is 4.79 Å². The molecule has 0 amide bonds. The Kier molecular flexibility index (Phi) is 3.81. The molecule has 1 unspecified atom stereocenters. The van der Waals surface area contributed by atoms with Crippen LogP contribution >= 0.6 is 0 Å². The highest BCUT2D eigenvalue weighted by Crippen LogP contribution is 2.47. The molecule has 2 heterocycles. The van der Waals surface area contributed by atoms with E-state index in [0.29, 0.717) is 30.0 Å². The van der Waals surface area contributed by atoms with E-state index >= 15 is 0 Å². The van der Waals surface area contributed by atoms with Crippen LogP contribution in [-0.2, 0) is 9.53 Å². The number of hydrogen-bond acceptors (Lipinski definition) is 7. The first kappa shape index (κ1) is 17.0. The number of aromatic amines is 1. The number of H-pyrrole nitrogens is 1. The minimum absolute atomic E-state index is 0.00579. The van der Waals surface area contributed by atoms with E-state index in [-0.39, 0.29) is 22.7 Å². The number of nitrogens with zero attached hydrogens (tertiary/aromatic N) is 4. The lowest BCUT2D eigenvalue weighted by Crippen LogP contribution is -2.33. The first-order valence-corrected chi connectivity index (χ1v) is 8.57. The molecule has 1 aromatic carbocycles. The molecule has 0 spiro atoms. The maximum Gasteiger partial charge on any atom is 0.205 e. The van der Waals surface area contributed by atoms with Crippen molar-refractivity contribution in [3.63, 3.8) is 0 Å². The molecule has 8 nitrogen and oxygen atoms in total. The van der Waals surface area contributed by atoms with Gasteiger partial charge >= 0.3 is 0 Å². The number of tetrazole rings is 1. The summed E-state index contributed by atoms with van der Waals surface area (Å²) in [7, 11) is 0. The van der Waals surface area contributed by atoms with E-state index in [1.165, 1.54) is 0 Å². The summed E-state index contributed by atoms with van der Waals surface area (Å²) in [5.74, 6) is 0.573. The van der Waals surface area contributed by atoms with Gasteiger partial charge in [-0.15, -0.1) is 10.2 Å². The van der Waals surface area contributed by atoms with Crippen molar-refractivity contribution in [2.75, 3.05) is 0 Å². The molecule has 1 aliphatic heterocycles. The van der Waals surface area contributed by atoms with Gasteiger partial charge in [0, 0.05) is 24.0 Å². The standard InChI is InChI=1S/C19H18N6O2/c1-19(2)7-13(26)16-14(8-19)27-17(21)12(9-20)15(16)10-3-5-11(6-4-10)18-22-24-25-23-18/h3-6,15H,7-8,21H2,1-2H3,(H,22,23,24,25). The van der Waals surface area contributed by atoms with Gasteiger partial charge in [0.05, 0.1) is 5.92 Å². The molecular weight excluding hydrogens is 344 g/mol. The van der Waals surface area contributed by atoms with Crippen LogP contribution in [0.25, 0.3) is 11.4 Å². The van der Waals surface area contributed by atoms with Crippen molar-refractivity contribution < 1.29 is 9.53 Å². The number of allylic oxidation sites excluding steroid dienone is 3. The zero-order chi connectivity index (χ0) is 19.2. The molecule has 1 atom stereocenters. The monoisotopic (exact) mass is 362 g/mol. The van der Waals surface area contributed by atoms with Crippen LogP contribution in [0.15, 0.2) is 47.1 Å². The summed E-state index contributed by atoms with van der Waals surface area (Å²) >= 11 is 0. The highest BCUT2D eigenvalue weighted by atomic mass is 16.5. The average Bonchev–Trinajstić information content (AvgIpc) is 3.14. The van der Waals surface area contributed by atoms with Gasteiger partial charge in [0.2, 0.25) is 11.7 Å². The van der Waals surface area contributed by atoms with Crippen LogP contribution in [0.2, 0.25) is 0 Å². The molecule has 8 heteroatoms. The summed E-state index contributed by atoms with van der Waals surface area (Å²) in [6.45, 7) is 4.04. The van der Waals surface area contributed by atoms with Crippen LogP contribution in [0.4, 0.5) is 0 Å². The van der Waals surface area contributed by atoms with Crippen molar-refractivity contribution in [1.29, 1.82) is 5.26 Å². The Morgan fingerprint density at radius 2 is 2.04 bits per heavy atom. The van der Waals surface area contributed by atoms with E-state index in [4.69, 9.17) is 10.5 Å². The number of carbonyl (C=O) groups excluding carboxylic acids is 1. The fraction of sp³-hybridized carbons (Fsp3) is 0.316. The van der Waals surface area contributed by atoms with Gasteiger partial charge in [-0.1, -0.05) is 38.1 Å². The topological polar surface area (TPSA) is 131 Å². The molecule has 1 aromatic heterocycles. The van der Waals surface area contributed by atoms with Crippen molar-refractivity contribution in [1.82, 2.24) is 20.6 Å². The molecular formula is C19H18N6O2. The van der Waals surface area contributed by atoms with E-state index in [9.17, 15) is 10.1 Å². The van der Waals surface area contributed by atoms with E-state index < -0.39 is 5.92 Å². The van der Waals surface area contributed by atoms with Crippen molar-refractivity contribution in [2.45, 2.75) is 32.6 Å². The van der Waals surface area contributed by atoms with Gasteiger partial charge in [-0.05, 0) is 16.2 Å². The Labute approximate surface area is 155 Å². The molecule has 0 radical (unpaired) electrons. The Balaban J connectivity index is 1.80. The fourth-order valence-electron chi connectivity index (χ4n) is 3.73. The van der Waals surface area contributed by atoms with E-state index in [0.717, 1.165) is 11.1 Å². The van der Waals surface area contributed by atoms with Crippen molar-refractivity contribution in [3.05, 3.63) is 52.6 Å². The molecule has 2 aromatic rings. The minimum atomic E-state index is -0.526. The zero-order valence-electron chi connectivity index (χ0n) is 15.0. The molecule has 0 fully saturated rings. The summed E-state index contributed by atoms with van der Waals surface area (Å²) in [6, 6.07) is 9.49. The number of rotatable bonds is 2. The molecule has 0 bridgehead atoms. The highest BCUT2D eigenvalue weighted by Gasteiger charge is 2.42. The summed E-state index contributed by atoms with van der Waals surface area (Å²) in [4.78, 5) is 12.9. The van der Waals surface area contributed by atoms with Gasteiger partial charge in [0.15, 0.2) is 5.78 Å². The quantitative estimate of drug-likeness (QED) is 0.838. The van der Waals surface area contributed by atoms with Crippen LogP contribution in [-0.4, -0.2) is 26.4 Å². The second-order valence-electron chi connectivity index (χ2n) is 7.56.